The van der Waals surface area contributed by atoms with Crippen LogP contribution >= 0.6 is 0 Å². The third kappa shape index (κ3) is 3.36. The highest BCUT2D eigenvalue weighted by atomic mass is 16.5. The molecule has 8 heteroatoms. The molecule has 0 N–H and O–H groups in total. The van der Waals surface area contributed by atoms with Gasteiger partial charge in [0.15, 0.2) is 0 Å². The van der Waals surface area contributed by atoms with Crippen LogP contribution in [0.3, 0.4) is 0 Å². The number of rotatable bonds is 2. The molecule has 5 rings (SSSR count). The molecule has 2 aliphatic rings. The number of nitrogens with zero attached hydrogens (tertiary/aromatic N) is 6. The minimum atomic E-state index is -0.0921. The van der Waals surface area contributed by atoms with Gasteiger partial charge in [0, 0.05) is 50.2 Å². The van der Waals surface area contributed by atoms with E-state index in [-0.39, 0.29) is 5.91 Å². The third-order valence-corrected chi connectivity index (χ3v) is 5.36. The first-order valence-corrected chi connectivity index (χ1v) is 9.75. The Labute approximate surface area is 168 Å². The number of amides is 1. The molecule has 2 aromatic heterocycles. The van der Waals surface area contributed by atoms with Gasteiger partial charge in [-0.1, -0.05) is 24.3 Å². The van der Waals surface area contributed by atoms with Crippen LogP contribution in [0.4, 0.5) is 5.95 Å². The molecule has 0 aliphatic carbocycles. The topological polar surface area (TPSA) is 76.4 Å². The number of aryl methyl sites for hydroxylation is 1. The van der Waals surface area contributed by atoms with E-state index in [1.165, 1.54) is 0 Å². The molecule has 0 radical (unpaired) electrons. The smallest absolute Gasteiger partial charge is 0.274 e. The molecule has 0 spiro atoms. The van der Waals surface area contributed by atoms with Crippen LogP contribution in [0.25, 0.3) is 11.3 Å². The van der Waals surface area contributed by atoms with Crippen molar-refractivity contribution in [1.82, 2.24) is 24.6 Å². The summed E-state index contributed by atoms with van der Waals surface area (Å²) >= 11 is 0. The van der Waals surface area contributed by atoms with E-state index in [9.17, 15) is 4.79 Å². The van der Waals surface area contributed by atoms with Gasteiger partial charge in [0.2, 0.25) is 5.95 Å². The molecule has 1 saturated heterocycles. The zero-order chi connectivity index (χ0) is 19.8. The van der Waals surface area contributed by atoms with Crippen molar-refractivity contribution >= 4 is 11.9 Å². The van der Waals surface area contributed by atoms with Gasteiger partial charge in [0.1, 0.15) is 5.69 Å². The van der Waals surface area contributed by atoms with E-state index in [0.717, 1.165) is 35.5 Å². The number of carbonyl (C=O) groups is 1. The number of hydrogen-bond donors (Lipinski definition) is 0. The molecule has 148 valence electrons. The number of ether oxygens (including phenoxy) is 1. The predicted octanol–water partition coefficient (Wildman–Crippen LogP) is 1.87. The highest BCUT2D eigenvalue weighted by Gasteiger charge is 2.27. The molecule has 8 nitrogen and oxygen atoms in total. The molecule has 1 fully saturated rings. The van der Waals surface area contributed by atoms with Crippen LogP contribution in [0, 0.1) is 0 Å². The molecule has 4 heterocycles. The van der Waals surface area contributed by atoms with Gasteiger partial charge in [-0.2, -0.15) is 5.10 Å². The molecular formula is C21H22N6O2. The zero-order valence-corrected chi connectivity index (χ0v) is 16.3. The van der Waals surface area contributed by atoms with Gasteiger partial charge in [-0.05, 0) is 11.6 Å². The van der Waals surface area contributed by atoms with E-state index in [0.29, 0.717) is 37.9 Å². The fourth-order valence-electron chi connectivity index (χ4n) is 3.85. The van der Waals surface area contributed by atoms with Crippen LogP contribution in [0.15, 0.2) is 42.7 Å². The molecule has 29 heavy (non-hydrogen) atoms. The largest absolute Gasteiger partial charge is 0.378 e. The lowest BCUT2D eigenvalue weighted by atomic mass is 10.0. The maximum atomic E-state index is 13.1. The molecule has 0 atom stereocenters. The normalized spacial score (nSPS) is 16.2. The van der Waals surface area contributed by atoms with E-state index in [1.807, 2.05) is 30.3 Å². The average Bonchev–Trinajstić information content (AvgIpc) is 3.12. The number of fused-ring (bicyclic) bond motifs is 3. The number of aromatic nitrogens is 4. The Kier molecular flexibility index (Phi) is 4.48. The van der Waals surface area contributed by atoms with E-state index >= 15 is 0 Å². The van der Waals surface area contributed by atoms with E-state index < -0.39 is 0 Å². The molecular weight excluding hydrogens is 368 g/mol. The van der Waals surface area contributed by atoms with Crippen LogP contribution in [0.5, 0.6) is 0 Å². The van der Waals surface area contributed by atoms with Crippen molar-refractivity contribution in [2.24, 2.45) is 7.05 Å². The van der Waals surface area contributed by atoms with Crippen molar-refractivity contribution in [2.75, 3.05) is 31.2 Å². The number of benzene rings is 1. The van der Waals surface area contributed by atoms with Gasteiger partial charge >= 0.3 is 0 Å². The van der Waals surface area contributed by atoms with E-state index in [1.54, 1.807) is 16.9 Å². The zero-order valence-electron chi connectivity index (χ0n) is 16.3. The van der Waals surface area contributed by atoms with Crippen molar-refractivity contribution < 1.29 is 9.53 Å². The van der Waals surface area contributed by atoms with Gasteiger partial charge in [-0.15, -0.1) is 0 Å². The SMILES string of the molecule is Cn1ccc(C(=O)N2Cc3ccccc3-c3nc(N4CCOCC4)ncc3C2)n1. The van der Waals surface area contributed by atoms with Gasteiger partial charge in [-0.3, -0.25) is 9.48 Å². The summed E-state index contributed by atoms with van der Waals surface area (Å²) in [6.07, 6.45) is 3.64. The van der Waals surface area contributed by atoms with Gasteiger partial charge < -0.3 is 14.5 Å². The minimum Gasteiger partial charge on any atom is -0.378 e. The van der Waals surface area contributed by atoms with E-state index in [2.05, 4.69) is 27.1 Å². The van der Waals surface area contributed by atoms with Gasteiger partial charge in [0.25, 0.3) is 5.91 Å². The first kappa shape index (κ1) is 17.8. The quantitative estimate of drug-likeness (QED) is 0.665. The lowest BCUT2D eigenvalue weighted by Crippen LogP contribution is -2.37. The summed E-state index contributed by atoms with van der Waals surface area (Å²) in [4.78, 5) is 26.6. The molecule has 3 aromatic rings. The Bertz CT molecular complexity index is 1060. The summed E-state index contributed by atoms with van der Waals surface area (Å²) in [7, 11) is 1.81. The van der Waals surface area contributed by atoms with Crippen molar-refractivity contribution in [2.45, 2.75) is 13.1 Å². The lowest BCUT2D eigenvalue weighted by molar-refractivity contribution is 0.0725. The molecule has 2 aliphatic heterocycles. The van der Waals surface area contributed by atoms with E-state index in [4.69, 9.17) is 9.72 Å². The van der Waals surface area contributed by atoms with Crippen molar-refractivity contribution in [3.63, 3.8) is 0 Å². The first-order valence-electron chi connectivity index (χ1n) is 9.75. The average molecular weight is 390 g/mol. The Morgan fingerprint density at radius 1 is 1.07 bits per heavy atom. The highest BCUT2D eigenvalue weighted by Crippen LogP contribution is 2.32. The highest BCUT2D eigenvalue weighted by molar-refractivity contribution is 5.92. The number of carbonyl (C=O) groups excluding carboxylic acids is 1. The lowest BCUT2D eigenvalue weighted by Gasteiger charge is -2.27. The van der Waals surface area contributed by atoms with Gasteiger partial charge in [0.05, 0.1) is 25.5 Å². The summed E-state index contributed by atoms with van der Waals surface area (Å²) < 4.78 is 7.09. The van der Waals surface area contributed by atoms with Crippen LogP contribution in [0.1, 0.15) is 21.6 Å². The van der Waals surface area contributed by atoms with Crippen LogP contribution in [0.2, 0.25) is 0 Å². The van der Waals surface area contributed by atoms with Crippen LogP contribution in [-0.4, -0.2) is 56.9 Å². The molecule has 1 aromatic carbocycles. The summed E-state index contributed by atoms with van der Waals surface area (Å²) in [5.74, 6) is 0.622. The maximum absolute atomic E-state index is 13.1. The van der Waals surface area contributed by atoms with Gasteiger partial charge in [-0.25, -0.2) is 9.97 Å². The molecule has 0 bridgehead atoms. The fourth-order valence-corrected chi connectivity index (χ4v) is 3.85. The number of hydrogen-bond acceptors (Lipinski definition) is 6. The maximum Gasteiger partial charge on any atom is 0.274 e. The minimum absolute atomic E-state index is 0.0921. The van der Waals surface area contributed by atoms with Crippen molar-refractivity contribution in [3.05, 3.63) is 59.5 Å². The monoisotopic (exact) mass is 390 g/mol. The second-order valence-corrected chi connectivity index (χ2v) is 7.34. The second kappa shape index (κ2) is 7.29. The first-order chi connectivity index (χ1) is 14.2. The third-order valence-electron chi connectivity index (χ3n) is 5.36. The standard InChI is InChI=1S/C21H22N6O2/c1-25-7-6-18(24-25)20(28)27-13-15-4-2-3-5-17(15)19-16(14-27)12-22-21(23-19)26-8-10-29-11-9-26/h2-7,12H,8-11,13-14H2,1H3. The van der Waals surface area contributed by atoms with Crippen LogP contribution in [-0.2, 0) is 24.9 Å². The van der Waals surface area contributed by atoms with Crippen molar-refractivity contribution in [1.29, 1.82) is 0 Å². The Morgan fingerprint density at radius 3 is 2.66 bits per heavy atom. The Morgan fingerprint density at radius 2 is 1.86 bits per heavy atom. The number of anilines is 1. The summed E-state index contributed by atoms with van der Waals surface area (Å²) in [5, 5.41) is 4.28. The Balaban J connectivity index is 1.55. The second-order valence-electron chi connectivity index (χ2n) is 7.34. The predicted molar refractivity (Wildman–Crippen MR) is 107 cm³/mol. The molecule has 0 unspecified atom stereocenters. The fraction of sp³-hybridized carbons (Fsp3) is 0.333. The molecule has 0 saturated carbocycles. The van der Waals surface area contributed by atoms with Crippen molar-refractivity contribution in [3.8, 4) is 11.3 Å². The molecule has 1 amide bonds. The summed E-state index contributed by atoms with van der Waals surface area (Å²) in [6, 6.07) is 9.88. The Hall–Kier alpha value is -3.26. The number of morpholine rings is 1. The summed E-state index contributed by atoms with van der Waals surface area (Å²) in [6.45, 7) is 3.89. The van der Waals surface area contributed by atoms with Crippen LogP contribution < -0.4 is 4.90 Å². The summed E-state index contributed by atoms with van der Waals surface area (Å²) in [5.41, 5.74) is 4.40.